The summed E-state index contributed by atoms with van der Waals surface area (Å²) in [7, 11) is 1.93. The van der Waals surface area contributed by atoms with Crippen molar-refractivity contribution in [1.82, 2.24) is 24.6 Å². The molecule has 0 aromatic carbocycles. The van der Waals surface area contributed by atoms with E-state index in [4.69, 9.17) is 24.9 Å². The number of halogens is 6. The average Bonchev–Trinajstić information content (AvgIpc) is 3.28. The molecule has 4 rings (SSSR count). The van der Waals surface area contributed by atoms with Crippen molar-refractivity contribution in [2.45, 2.75) is 64.5 Å². The predicted molar refractivity (Wildman–Crippen MR) is 137 cm³/mol. The minimum absolute atomic E-state index is 0.0171. The first-order valence-electron chi connectivity index (χ1n) is 12.8. The number of alkyl halides is 6. The van der Waals surface area contributed by atoms with Crippen molar-refractivity contribution in [3.8, 4) is 0 Å². The second kappa shape index (κ2) is 13.5. The van der Waals surface area contributed by atoms with E-state index in [-0.39, 0.29) is 11.3 Å². The highest BCUT2D eigenvalue weighted by Crippen LogP contribution is 2.41. The summed E-state index contributed by atoms with van der Waals surface area (Å²) in [5.41, 5.74) is 4.02. The SMILES string of the molecule is Cc1cccc(CN2CCC3(CC2)CN(C)C(=O)c2cn(CC(C)C)nc23)n1.O=C(O)C(F)(F)F.O=C(O)C(F)(F)F. The van der Waals surface area contributed by atoms with Crippen molar-refractivity contribution in [2.24, 2.45) is 5.92 Å². The number of nitrogens with zero attached hydrogens (tertiary/aromatic N) is 5. The lowest BCUT2D eigenvalue weighted by Crippen LogP contribution is -2.53. The maximum atomic E-state index is 12.7. The van der Waals surface area contributed by atoms with E-state index >= 15 is 0 Å². The highest BCUT2D eigenvalue weighted by atomic mass is 19.4. The van der Waals surface area contributed by atoms with Crippen LogP contribution in [-0.2, 0) is 28.1 Å². The summed E-state index contributed by atoms with van der Waals surface area (Å²) in [6.07, 6.45) is -6.14. The maximum Gasteiger partial charge on any atom is 0.490 e. The van der Waals surface area contributed by atoms with Crippen LogP contribution in [0.4, 0.5) is 26.3 Å². The molecule has 0 radical (unpaired) electrons. The molecule has 0 unspecified atom stereocenters. The van der Waals surface area contributed by atoms with Gasteiger partial charge in [-0.15, -0.1) is 0 Å². The van der Waals surface area contributed by atoms with Crippen LogP contribution in [0.3, 0.4) is 0 Å². The van der Waals surface area contributed by atoms with Crippen LogP contribution in [0, 0.1) is 12.8 Å². The third-order valence-electron chi connectivity index (χ3n) is 6.56. The minimum Gasteiger partial charge on any atom is -0.475 e. The summed E-state index contributed by atoms with van der Waals surface area (Å²) in [4.78, 5) is 39.5. The number of aromatic nitrogens is 3. The maximum absolute atomic E-state index is 12.7. The lowest BCUT2D eigenvalue weighted by atomic mass is 9.72. The van der Waals surface area contributed by atoms with Gasteiger partial charge in [-0.05, 0) is 50.9 Å². The molecule has 2 N–H and O–H groups in total. The highest BCUT2D eigenvalue weighted by molar-refractivity contribution is 5.96. The Kier molecular flexibility index (Phi) is 11.1. The summed E-state index contributed by atoms with van der Waals surface area (Å²) >= 11 is 0. The molecule has 4 heterocycles. The van der Waals surface area contributed by atoms with Crippen molar-refractivity contribution in [3.63, 3.8) is 0 Å². The van der Waals surface area contributed by atoms with E-state index in [1.807, 2.05) is 35.8 Å². The molecular formula is C26H33F6N5O5. The van der Waals surface area contributed by atoms with Gasteiger partial charge in [-0.3, -0.25) is 19.4 Å². The fourth-order valence-electron chi connectivity index (χ4n) is 4.69. The van der Waals surface area contributed by atoms with Crippen LogP contribution in [0.25, 0.3) is 0 Å². The Balaban J connectivity index is 0.000000367. The molecule has 2 aliphatic rings. The molecule has 2 aromatic heterocycles. The molecule has 0 atom stereocenters. The minimum atomic E-state index is -5.08. The van der Waals surface area contributed by atoms with Crippen LogP contribution in [-0.4, -0.2) is 91.7 Å². The van der Waals surface area contributed by atoms with Crippen molar-refractivity contribution < 1.29 is 50.9 Å². The number of hydrogen-bond acceptors (Lipinski definition) is 6. The Labute approximate surface area is 237 Å². The number of likely N-dealkylation sites (N-methyl/N-ethyl adjacent to an activating group) is 1. The van der Waals surface area contributed by atoms with Crippen LogP contribution < -0.4 is 0 Å². The normalized spacial score (nSPS) is 16.7. The molecule has 0 bridgehead atoms. The van der Waals surface area contributed by atoms with Crippen molar-refractivity contribution in [2.75, 3.05) is 26.7 Å². The Morgan fingerprint density at radius 3 is 2.00 bits per heavy atom. The number of aliphatic carboxylic acids is 2. The lowest BCUT2D eigenvalue weighted by molar-refractivity contribution is -0.193. The van der Waals surface area contributed by atoms with E-state index in [0.717, 1.165) is 68.2 Å². The van der Waals surface area contributed by atoms with Gasteiger partial charge in [0.1, 0.15) is 0 Å². The zero-order valence-corrected chi connectivity index (χ0v) is 23.5. The van der Waals surface area contributed by atoms with Crippen LogP contribution >= 0.6 is 0 Å². The molecule has 10 nitrogen and oxygen atoms in total. The Hall–Kier alpha value is -3.69. The number of likely N-dealkylation sites (tertiary alicyclic amines) is 1. The Morgan fingerprint density at radius 2 is 1.55 bits per heavy atom. The van der Waals surface area contributed by atoms with Gasteiger partial charge in [0.15, 0.2) is 0 Å². The van der Waals surface area contributed by atoms with E-state index in [1.54, 1.807) is 0 Å². The summed E-state index contributed by atoms with van der Waals surface area (Å²) in [5.74, 6) is -4.89. The number of rotatable bonds is 4. The number of carboxylic acids is 2. The molecule has 0 saturated carbocycles. The molecule has 1 spiro atoms. The second-order valence-corrected chi connectivity index (χ2v) is 10.6. The lowest BCUT2D eigenvalue weighted by Gasteiger charge is -2.45. The molecule has 2 aliphatic heterocycles. The van der Waals surface area contributed by atoms with Crippen molar-refractivity contribution in [3.05, 3.63) is 47.0 Å². The van der Waals surface area contributed by atoms with Crippen LogP contribution in [0.5, 0.6) is 0 Å². The van der Waals surface area contributed by atoms with Gasteiger partial charge in [-0.25, -0.2) is 9.59 Å². The zero-order valence-electron chi connectivity index (χ0n) is 23.5. The number of piperidine rings is 1. The molecule has 16 heteroatoms. The van der Waals surface area contributed by atoms with E-state index in [0.29, 0.717) is 5.92 Å². The van der Waals surface area contributed by atoms with Gasteiger partial charge in [0, 0.05) is 44.0 Å². The number of carbonyl (C=O) groups is 3. The summed E-state index contributed by atoms with van der Waals surface area (Å²) in [6, 6.07) is 6.23. The van der Waals surface area contributed by atoms with E-state index in [9.17, 15) is 31.1 Å². The molecule has 1 fully saturated rings. The number of fused-ring (bicyclic) bond motifs is 2. The Bertz CT molecular complexity index is 1230. The third-order valence-corrected chi connectivity index (χ3v) is 6.56. The molecule has 1 saturated heterocycles. The summed E-state index contributed by atoms with van der Waals surface area (Å²) < 4.78 is 65.5. The van der Waals surface area contributed by atoms with Crippen molar-refractivity contribution >= 4 is 17.8 Å². The molecular weight excluding hydrogens is 576 g/mol. The predicted octanol–water partition coefficient (Wildman–Crippen LogP) is 4.13. The van der Waals surface area contributed by atoms with Gasteiger partial charge >= 0.3 is 24.3 Å². The van der Waals surface area contributed by atoms with Crippen LogP contribution in [0.15, 0.2) is 24.4 Å². The van der Waals surface area contributed by atoms with E-state index in [1.165, 1.54) is 0 Å². The zero-order chi connectivity index (χ0) is 32.0. The molecule has 234 valence electrons. The van der Waals surface area contributed by atoms with Crippen LogP contribution in [0.2, 0.25) is 0 Å². The Morgan fingerprint density at radius 1 is 1.02 bits per heavy atom. The number of carboxylic acid groups (broad SMARTS) is 2. The average molecular weight is 610 g/mol. The second-order valence-electron chi connectivity index (χ2n) is 10.6. The fraction of sp³-hybridized carbons (Fsp3) is 0.577. The van der Waals surface area contributed by atoms with Gasteiger partial charge in [-0.2, -0.15) is 31.4 Å². The topological polar surface area (TPSA) is 129 Å². The van der Waals surface area contributed by atoms with E-state index in [2.05, 4.69) is 35.9 Å². The number of carbonyl (C=O) groups excluding carboxylic acids is 1. The largest absolute Gasteiger partial charge is 0.490 e. The molecule has 42 heavy (non-hydrogen) atoms. The highest BCUT2D eigenvalue weighted by Gasteiger charge is 2.46. The van der Waals surface area contributed by atoms with Gasteiger partial charge in [0.25, 0.3) is 5.91 Å². The smallest absolute Gasteiger partial charge is 0.475 e. The van der Waals surface area contributed by atoms with Gasteiger partial charge in [-0.1, -0.05) is 19.9 Å². The monoisotopic (exact) mass is 609 g/mol. The first-order chi connectivity index (χ1) is 19.2. The first kappa shape index (κ1) is 34.5. The first-order valence-corrected chi connectivity index (χ1v) is 12.8. The molecule has 2 aromatic rings. The van der Waals surface area contributed by atoms with Gasteiger partial charge in [0.2, 0.25) is 0 Å². The number of amides is 1. The third kappa shape index (κ3) is 9.42. The van der Waals surface area contributed by atoms with Crippen LogP contribution in [0.1, 0.15) is 54.1 Å². The van der Waals surface area contributed by atoms with Gasteiger partial charge in [0.05, 0.1) is 17.0 Å². The summed E-state index contributed by atoms with van der Waals surface area (Å²) in [5, 5.41) is 19.2. The number of hydrogen-bond donors (Lipinski definition) is 2. The van der Waals surface area contributed by atoms with E-state index < -0.39 is 24.3 Å². The number of aryl methyl sites for hydroxylation is 1. The number of pyridine rings is 1. The summed E-state index contributed by atoms with van der Waals surface area (Å²) in [6.45, 7) is 10.9. The van der Waals surface area contributed by atoms with Gasteiger partial charge < -0.3 is 15.1 Å². The molecule has 0 aliphatic carbocycles. The standard InChI is InChI=1S/C22H31N5O.2C2HF3O2/c1-16(2)12-27-14-19-20(24-27)22(15-25(4)21(19)28)8-10-26(11-9-22)13-18-7-5-6-17(3)23-18;2*3-2(4,5)1(6)7/h5-7,14,16H,8-13,15H2,1-4H3;2*(H,6,7). The molecule has 1 amide bonds. The quantitative estimate of drug-likeness (QED) is 0.496. The van der Waals surface area contributed by atoms with Crippen molar-refractivity contribution in [1.29, 1.82) is 0 Å². The fourth-order valence-corrected chi connectivity index (χ4v) is 4.69.